The maximum Gasteiger partial charge on any atom is 0.149 e. The van der Waals surface area contributed by atoms with Crippen LogP contribution in [0.15, 0.2) is 12.3 Å². The van der Waals surface area contributed by atoms with Crippen LogP contribution in [0.3, 0.4) is 0 Å². The summed E-state index contributed by atoms with van der Waals surface area (Å²) in [5.74, 6) is 0.840. The third-order valence-corrected chi connectivity index (χ3v) is 2.50. The van der Waals surface area contributed by atoms with Crippen molar-refractivity contribution in [2.75, 3.05) is 11.9 Å². The van der Waals surface area contributed by atoms with Crippen molar-refractivity contribution in [2.45, 2.75) is 32.4 Å². The molecular weight excluding hydrogens is 178 g/mol. The van der Waals surface area contributed by atoms with Crippen LogP contribution in [-0.2, 0) is 4.74 Å². The molecule has 2 rings (SSSR count). The Bertz CT molecular complexity index is 316. The van der Waals surface area contributed by atoms with Crippen LogP contribution in [0, 0.1) is 6.92 Å². The van der Waals surface area contributed by atoms with Gasteiger partial charge in [-0.05, 0) is 31.9 Å². The molecule has 1 N–H and O–H groups in total. The molecule has 2 heterocycles. The SMILES string of the molecule is Cc1cnnc(NC2CCOC2C)c1. The number of hydrogen-bond donors (Lipinski definition) is 1. The lowest BCUT2D eigenvalue weighted by Gasteiger charge is -2.16. The number of nitrogens with one attached hydrogen (secondary N) is 1. The van der Waals surface area contributed by atoms with Gasteiger partial charge in [-0.25, -0.2) is 0 Å². The fraction of sp³-hybridized carbons (Fsp3) is 0.600. The van der Waals surface area contributed by atoms with Gasteiger partial charge < -0.3 is 10.1 Å². The van der Waals surface area contributed by atoms with E-state index in [1.165, 1.54) is 0 Å². The highest BCUT2D eigenvalue weighted by atomic mass is 16.5. The van der Waals surface area contributed by atoms with E-state index in [1.807, 2.05) is 13.0 Å². The van der Waals surface area contributed by atoms with Gasteiger partial charge in [0.05, 0.1) is 18.3 Å². The fourth-order valence-electron chi connectivity index (χ4n) is 1.65. The topological polar surface area (TPSA) is 47.0 Å². The monoisotopic (exact) mass is 193 g/mol. The van der Waals surface area contributed by atoms with Crippen LogP contribution in [0.5, 0.6) is 0 Å². The van der Waals surface area contributed by atoms with E-state index < -0.39 is 0 Å². The molecule has 4 nitrogen and oxygen atoms in total. The second kappa shape index (κ2) is 3.92. The Hall–Kier alpha value is -1.16. The molecule has 1 aliphatic heterocycles. The summed E-state index contributed by atoms with van der Waals surface area (Å²) in [7, 11) is 0. The molecule has 0 spiro atoms. The number of aromatic nitrogens is 2. The van der Waals surface area contributed by atoms with Crippen LogP contribution in [0.1, 0.15) is 18.9 Å². The standard InChI is InChI=1S/C10H15N3O/c1-7-5-10(13-11-6-7)12-9-3-4-14-8(9)2/h5-6,8-9H,3-4H2,1-2H3,(H,12,13). The molecular formula is C10H15N3O. The smallest absolute Gasteiger partial charge is 0.149 e. The number of aryl methyl sites for hydroxylation is 1. The lowest BCUT2D eigenvalue weighted by molar-refractivity contribution is 0.121. The van der Waals surface area contributed by atoms with E-state index in [-0.39, 0.29) is 6.10 Å². The normalized spacial score (nSPS) is 26.4. The van der Waals surface area contributed by atoms with Crippen molar-refractivity contribution in [3.63, 3.8) is 0 Å². The van der Waals surface area contributed by atoms with E-state index in [9.17, 15) is 0 Å². The van der Waals surface area contributed by atoms with Gasteiger partial charge in [0, 0.05) is 6.61 Å². The number of hydrogen-bond acceptors (Lipinski definition) is 4. The molecule has 1 aliphatic rings. The molecule has 0 aliphatic carbocycles. The Morgan fingerprint density at radius 1 is 1.57 bits per heavy atom. The van der Waals surface area contributed by atoms with Crippen molar-refractivity contribution in [1.29, 1.82) is 0 Å². The van der Waals surface area contributed by atoms with Crippen molar-refractivity contribution in [3.05, 3.63) is 17.8 Å². The first-order chi connectivity index (χ1) is 6.75. The Morgan fingerprint density at radius 3 is 3.07 bits per heavy atom. The van der Waals surface area contributed by atoms with Gasteiger partial charge >= 0.3 is 0 Å². The van der Waals surface area contributed by atoms with Crippen molar-refractivity contribution in [1.82, 2.24) is 10.2 Å². The van der Waals surface area contributed by atoms with Crippen LogP contribution in [0.2, 0.25) is 0 Å². The second-order valence-corrected chi connectivity index (χ2v) is 3.73. The number of ether oxygens (including phenoxy) is 1. The summed E-state index contributed by atoms with van der Waals surface area (Å²) in [5, 5.41) is 11.3. The maximum absolute atomic E-state index is 5.46. The van der Waals surface area contributed by atoms with Crippen LogP contribution in [0.25, 0.3) is 0 Å². The van der Waals surface area contributed by atoms with Crippen LogP contribution in [0.4, 0.5) is 5.82 Å². The van der Waals surface area contributed by atoms with Gasteiger partial charge in [-0.2, -0.15) is 5.10 Å². The van der Waals surface area contributed by atoms with Crippen molar-refractivity contribution >= 4 is 5.82 Å². The van der Waals surface area contributed by atoms with Crippen LogP contribution < -0.4 is 5.32 Å². The summed E-state index contributed by atoms with van der Waals surface area (Å²) in [4.78, 5) is 0. The molecule has 1 fully saturated rings. The predicted octanol–water partition coefficient (Wildman–Crippen LogP) is 1.37. The van der Waals surface area contributed by atoms with E-state index in [0.717, 1.165) is 24.4 Å². The highest BCUT2D eigenvalue weighted by Gasteiger charge is 2.24. The van der Waals surface area contributed by atoms with Gasteiger partial charge in [0.1, 0.15) is 5.82 Å². The minimum absolute atomic E-state index is 0.261. The molecule has 0 radical (unpaired) electrons. The lowest BCUT2D eigenvalue weighted by Crippen LogP contribution is -2.27. The molecule has 1 aromatic heterocycles. The average molecular weight is 193 g/mol. The summed E-state index contributed by atoms with van der Waals surface area (Å²) in [6, 6.07) is 2.36. The quantitative estimate of drug-likeness (QED) is 0.770. The zero-order valence-corrected chi connectivity index (χ0v) is 8.53. The van der Waals surface area contributed by atoms with Gasteiger partial charge in [0.15, 0.2) is 0 Å². The molecule has 1 aromatic rings. The first-order valence-electron chi connectivity index (χ1n) is 4.93. The van der Waals surface area contributed by atoms with Crippen LogP contribution >= 0.6 is 0 Å². The summed E-state index contributed by atoms with van der Waals surface area (Å²) in [6.07, 6.45) is 3.05. The van der Waals surface area contributed by atoms with Crippen molar-refractivity contribution < 1.29 is 4.74 Å². The lowest BCUT2D eigenvalue weighted by atomic mass is 10.1. The van der Waals surface area contributed by atoms with Gasteiger partial charge in [-0.1, -0.05) is 0 Å². The zero-order chi connectivity index (χ0) is 9.97. The molecule has 0 saturated carbocycles. The third-order valence-electron chi connectivity index (χ3n) is 2.50. The van der Waals surface area contributed by atoms with E-state index in [1.54, 1.807) is 6.20 Å². The highest BCUT2D eigenvalue weighted by molar-refractivity contribution is 5.36. The maximum atomic E-state index is 5.46. The minimum Gasteiger partial charge on any atom is -0.376 e. The molecule has 1 saturated heterocycles. The van der Waals surface area contributed by atoms with E-state index >= 15 is 0 Å². The predicted molar refractivity (Wildman–Crippen MR) is 54.2 cm³/mol. The first-order valence-corrected chi connectivity index (χ1v) is 4.93. The zero-order valence-electron chi connectivity index (χ0n) is 8.53. The van der Waals surface area contributed by atoms with E-state index in [2.05, 4.69) is 22.4 Å². The molecule has 14 heavy (non-hydrogen) atoms. The first kappa shape index (κ1) is 9.40. The molecule has 76 valence electrons. The molecule has 4 heteroatoms. The van der Waals surface area contributed by atoms with E-state index in [4.69, 9.17) is 4.74 Å². The molecule has 2 atom stereocenters. The Morgan fingerprint density at radius 2 is 2.43 bits per heavy atom. The Labute approximate surface area is 83.7 Å². The number of nitrogens with zero attached hydrogens (tertiary/aromatic N) is 2. The Kier molecular flexibility index (Phi) is 2.63. The summed E-state index contributed by atoms with van der Waals surface area (Å²) >= 11 is 0. The number of rotatable bonds is 2. The van der Waals surface area contributed by atoms with E-state index in [0.29, 0.717) is 6.04 Å². The molecule has 2 unspecified atom stereocenters. The van der Waals surface area contributed by atoms with Crippen molar-refractivity contribution in [2.24, 2.45) is 0 Å². The number of anilines is 1. The van der Waals surface area contributed by atoms with Gasteiger partial charge in [0.25, 0.3) is 0 Å². The Balaban J connectivity index is 2.03. The van der Waals surface area contributed by atoms with Crippen LogP contribution in [-0.4, -0.2) is 29.0 Å². The largest absolute Gasteiger partial charge is 0.376 e. The van der Waals surface area contributed by atoms with Crippen molar-refractivity contribution in [3.8, 4) is 0 Å². The minimum atomic E-state index is 0.261. The van der Waals surface area contributed by atoms with Gasteiger partial charge in [-0.15, -0.1) is 5.10 Å². The summed E-state index contributed by atoms with van der Waals surface area (Å²) < 4.78 is 5.46. The molecule has 0 amide bonds. The summed E-state index contributed by atoms with van der Waals surface area (Å²) in [6.45, 7) is 4.92. The van der Waals surface area contributed by atoms with Gasteiger partial charge in [-0.3, -0.25) is 0 Å². The molecule has 0 bridgehead atoms. The highest BCUT2D eigenvalue weighted by Crippen LogP contribution is 2.17. The fourth-order valence-corrected chi connectivity index (χ4v) is 1.65. The van der Waals surface area contributed by atoms with Gasteiger partial charge in [0.2, 0.25) is 0 Å². The summed E-state index contributed by atoms with van der Waals surface area (Å²) in [5.41, 5.74) is 1.12. The third kappa shape index (κ3) is 2.01. The average Bonchev–Trinajstić information content (AvgIpc) is 2.52. The second-order valence-electron chi connectivity index (χ2n) is 3.73. The molecule has 0 aromatic carbocycles.